The number of Topliss-reactive ketones (excluding diaryl/α,β-unsaturated/α-hetero) is 1. The van der Waals surface area contributed by atoms with Crippen molar-refractivity contribution in [2.75, 3.05) is 26.4 Å². The van der Waals surface area contributed by atoms with Gasteiger partial charge in [0.25, 0.3) is 0 Å². The molecule has 7 atom stereocenters. The summed E-state index contributed by atoms with van der Waals surface area (Å²) >= 11 is 0. The second kappa shape index (κ2) is 36.9. The highest BCUT2D eigenvalue weighted by Gasteiger charge is 2.39. The minimum atomic E-state index is -4.72. The fourth-order valence-corrected chi connectivity index (χ4v) is 6.91. The van der Waals surface area contributed by atoms with Crippen molar-refractivity contribution in [2.24, 2.45) is 11.8 Å². The number of rotatable bonds is 36. The summed E-state index contributed by atoms with van der Waals surface area (Å²) in [5, 5.41) is 39.1. The Morgan fingerprint density at radius 2 is 1.32 bits per heavy atom. The predicted molar refractivity (Wildman–Crippen MR) is 243 cm³/mol. The first kappa shape index (κ1) is 56.5. The average molecular weight is 891 g/mol. The van der Waals surface area contributed by atoms with Crippen LogP contribution in [0.2, 0.25) is 0 Å². The fourth-order valence-electron chi connectivity index (χ4n) is 6.12. The van der Waals surface area contributed by atoms with E-state index in [0.29, 0.717) is 38.5 Å². The van der Waals surface area contributed by atoms with Crippen LogP contribution in [0.15, 0.2) is 97.2 Å². The first-order valence-electron chi connectivity index (χ1n) is 22.3. The number of carbonyl (C=O) groups excluding carboxylic acids is 3. The molecule has 0 aromatic heterocycles. The van der Waals surface area contributed by atoms with E-state index < -0.39 is 76.5 Å². The molecule has 0 saturated heterocycles. The number of unbranched alkanes of at least 4 members (excludes halogenated alkanes) is 3. The second-order valence-corrected chi connectivity index (χ2v) is 16.6. The molecule has 13 nitrogen and oxygen atoms in total. The quantitative estimate of drug-likeness (QED) is 0.0173. The molecular weight excluding hydrogens is 815 g/mol. The van der Waals surface area contributed by atoms with E-state index in [0.717, 1.165) is 51.4 Å². The van der Waals surface area contributed by atoms with E-state index in [1.165, 1.54) is 0 Å². The molecule has 0 aliphatic heterocycles. The molecule has 1 fully saturated rings. The third kappa shape index (κ3) is 30.5. The number of carbonyl (C=O) groups is 3. The Kier molecular flexibility index (Phi) is 33.6. The maximum atomic E-state index is 12.7. The van der Waals surface area contributed by atoms with Crippen molar-refractivity contribution < 1.29 is 62.8 Å². The molecule has 1 rings (SSSR count). The maximum absolute atomic E-state index is 12.7. The van der Waals surface area contributed by atoms with Crippen LogP contribution in [-0.4, -0.2) is 93.9 Å². The molecule has 350 valence electrons. The van der Waals surface area contributed by atoms with Crippen LogP contribution in [0.25, 0.3) is 0 Å². The maximum Gasteiger partial charge on any atom is 0.472 e. The SMILES string of the molecule is CC/C=C\C/C=C\C/C=C\C/C=C\C/C=C\C/C=C\CCC(=O)OC[C@H](COP(=O)(O)OC[C@@H](O)CO)OC(=O)CCC/C=C\C[C@H]1C(=O)C[C@@H](O)[C@@H]1/C=C/[C@@H](O)CCCCC. The Hall–Kier alpha value is -3.52. The number of allylic oxidation sites excluding steroid dienone is 14. The monoisotopic (exact) mass is 890 g/mol. The largest absolute Gasteiger partial charge is 0.472 e. The zero-order valence-corrected chi connectivity index (χ0v) is 37.9. The molecule has 14 heteroatoms. The smallest absolute Gasteiger partial charge is 0.462 e. The summed E-state index contributed by atoms with van der Waals surface area (Å²) in [6.07, 6.45) is 39.0. The van der Waals surface area contributed by atoms with Crippen LogP contribution in [-0.2, 0) is 37.5 Å². The van der Waals surface area contributed by atoms with Gasteiger partial charge in [0.1, 0.15) is 18.5 Å². The van der Waals surface area contributed by atoms with Crippen LogP contribution in [0.3, 0.4) is 0 Å². The van der Waals surface area contributed by atoms with Crippen molar-refractivity contribution in [2.45, 2.75) is 147 Å². The van der Waals surface area contributed by atoms with Crippen LogP contribution >= 0.6 is 7.82 Å². The standard InChI is InChI=1S/C48H75O13P/c1-3-5-7-8-9-10-11-12-13-14-15-16-17-18-19-20-21-22-27-31-47(54)58-38-42(39-60-62(56,57)59-37-41(51)36-49)61-48(55)32-28-24-23-26-30-43-44(46(53)35-45(43)52)34-33-40(50)29-25-6-4-2/h5,7,9-10,12-13,15-16,18-19,21-23,26,33-34,40-44,46,49-51,53H,3-4,6,8,11,14,17,20,24-25,27-32,35-39H2,1-2H3,(H,56,57)/b7-5-,10-9-,13-12-,16-15-,19-18-,22-21-,26-23-,34-33+/t40-,41-,42+,43+,44+,46+/m0/s1. The van der Waals surface area contributed by atoms with Gasteiger partial charge in [-0.1, -0.05) is 130 Å². The van der Waals surface area contributed by atoms with Crippen LogP contribution in [0, 0.1) is 11.8 Å². The Morgan fingerprint density at radius 3 is 1.92 bits per heavy atom. The zero-order chi connectivity index (χ0) is 45.7. The average Bonchev–Trinajstić information content (AvgIpc) is 3.52. The van der Waals surface area contributed by atoms with Gasteiger partial charge >= 0.3 is 19.8 Å². The minimum absolute atomic E-state index is 0.0319. The lowest BCUT2D eigenvalue weighted by molar-refractivity contribution is -0.161. The van der Waals surface area contributed by atoms with Crippen molar-refractivity contribution in [1.29, 1.82) is 0 Å². The van der Waals surface area contributed by atoms with E-state index in [2.05, 4.69) is 73.1 Å². The summed E-state index contributed by atoms with van der Waals surface area (Å²) in [6, 6.07) is 0. The van der Waals surface area contributed by atoms with Gasteiger partial charge in [0.15, 0.2) is 6.10 Å². The molecule has 0 aromatic rings. The summed E-state index contributed by atoms with van der Waals surface area (Å²) in [5.41, 5.74) is 0. The Bertz CT molecular complexity index is 1510. The third-order valence-electron chi connectivity index (χ3n) is 9.60. The number of hydrogen-bond acceptors (Lipinski definition) is 12. The third-order valence-corrected chi connectivity index (χ3v) is 10.6. The van der Waals surface area contributed by atoms with E-state index in [1.807, 2.05) is 30.4 Å². The Morgan fingerprint density at radius 1 is 0.742 bits per heavy atom. The van der Waals surface area contributed by atoms with Gasteiger partial charge in [0, 0.05) is 31.1 Å². The van der Waals surface area contributed by atoms with Crippen molar-refractivity contribution in [3.63, 3.8) is 0 Å². The van der Waals surface area contributed by atoms with E-state index in [9.17, 15) is 39.2 Å². The number of phosphoric acid groups is 1. The number of ketones is 1. The number of phosphoric ester groups is 1. The van der Waals surface area contributed by atoms with Crippen LogP contribution in [0.4, 0.5) is 0 Å². The molecule has 5 N–H and O–H groups in total. The number of aliphatic hydroxyl groups excluding tert-OH is 4. The Labute approximate surface area is 370 Å². The molecule has 0 radical (unpaired) electrons. The van der Waals surface area contributed by atoms with Crippen molar-refractivity contribution >= 4 is 25.5 Å². The zero-order valence-electron chi connectivity index (χ0n) is 37.0. The molecule has 0 amide bonds. The number of hydrogen-bond donors (Lipinski definition) is 5. The molecular formula is C48H75O13P. The van der Waals surface area contributed by atoms with Gasteiger partial charge in [0.2, 0.25) is 0 Å². The van der Waals surface area contributed by atoms with Gasteiger partial charge in [-0.2, -0.15) is 0 Å². The highest BCUT2D eigenvalue weighted by atomic mass is 31.2. The second-order valence-electron chi connectivity index (χ2n) is 15.1. The first-order valence-corrected chi connectivity index (χ1v) is 23.8. The van der Waals surface area contributed by atoms with E-state index in [-0.39, 0.29) is 31.0 Å². The number of ether oxygens (including phenoxy) is 2. The van der Waals surface area contributed by atoms with Gasteiger partial charge in [-0.3, -0.25) is 23.4 Å². The van der Waals surface area contributed by atoms with Gasteiger partial charge < -0.3 is 34.8 Å². The summed E-state index contributed by atoms with van der Waals surface area (Å²) < 4.78 is 32.6. The highest BCUT2D eigenvalue weighted by molar-refractivity contribution is 7.47. The van der Waals surface area contributed by atoms with E-state index in [4.69, 9.17) is 19.1 Å². The minimum Gasteiger partial charge on any atom is -0.462 e. The molecule has 0 bridgehead atoms. The van der Waals surface area contributed by atoms with Crippen LogP contribution in [0.1, 0.15) is 123 Å². The molecule has 1 saturated carbocycles. The van der Waals surface area contributed by atoms with Crippen LogP contribution < -0.4 is 0 Å². The van der Waals surface area contributed by atoms with Crippen molar-refractivity contribution in [1.82, 2.24) is 0 Å². The molecule has 1 unspecified atom stereocenters. The lowest BCUT2D eigenvalue weighted by Gasteiger charge is -2.20. The highest BCUT2D eigenvalue weighted by Crippen LogP contribution is 2.43. The predicted octanol–water partition coefficient (Wildman–Crippen LogP) is 8.59. The molecule has 1 aliphatic rings. The summed E-state index contributed by atoms with van der Waals surface area (Å²) in [6.45, 7) is 1.74. The van der Waals surface area contributed by atoms with E-state index >= 15 is 0 Å². The fraction of sp³-hybridized carbons (Fsp3) is 0.604. The van der Waals surface area contributed by atoms with Crippen LogP contribution in [0.5, 0.6) is 0 Å². The molecule has 0 heterocycles. The van der Waals surface area contributed by atoms with Crippen molar-refractivity contribution in [3.05, 3.63) is 97.2 Å². The van der Waals surface area contributed by atoms with Crippen molar-refractivity contribution in [3.8, 4) is 0 Å². The van der Waals surface area contributed by atoms with Gasteiger partial charge in [-0.25, -0.2) is 4.57 Å². The summed E-state index contributed by atoms with van der Waals surface area (Å²) in [4.78, 5) is 47.7. The number of aliphatic hydroxyl groups is 4. The van der Waals surface area contributed by atoms with E-state index in [1.54, 1.807) is 12.2 Å². The molecule has 62 heavy (non-hydrogen) atoms. The number of esters is 2. The topological polar surface area (TPSA) is 206 Å². The molecule has 0 aromatic carbocycles. The van der Waals surface area contributed by atoms with Gasteiger partial charge in [0.05, 0.1) is 32.0 Å². The summed E-state index contributed by atoms with van der Waals surface area (Å²) in [7, 11) is -4.72. The summed E-state index contributed by atoms with van der Waals surface area (Å²) in [5.74, 6) is -2.06. The molecule has 1 aliphatic carbocycles. The van der Waals surface area contributed by atoms with Gasteiger partial charge in [-0.05, 0) is 70.6 Å². The lowest BCUT2D eigenvalue weighted by Crippen LogP contribution is -2.29. The Balaban J connectivity index is 2.53. The van der Waals surface area contributed by atoms with Gasteiger partial charge in [-0.15, -0.1) is 0 Å². The molecule has 0 spiro atoms. The first-order chi connectivity index (χ1) is 29.9. The lowest BCUT2D eigenvalue weighted by atomic mass is 9.90. The normalized spacial score (nSPS) is 20.0.